The monoisotopic (exact) mass is 679 g/mol. The van der Waals surface area contributed by atoms with Gasteiger partial charge in [-0.1, -0.05) is 146 Å². The molecule has 0 saturated carbocycles. The molecule has 0 saturated heterocycles. The number of anilines is 3. The fourth-order valence-corrected chi connectivity index (χ4v) is 8.19. The van der Waals surface area contributed by atoms with Crippen LogP contribution in [-0.4, -0.2) is 0 Å². The topological polar surface area (TPSA) is 16.4 Å². The molecule has 8 aromatic carbocycles. The van der Waals surface area contributed by atoms with E-state index in [1.54, 1.807) is 0 Å². The molecule has 1 aliphatic carbocycles. The quantitative estimate of drug-likeness (QED) is 0.174. The predicted octanol–water partition coefficient (Wildman–Crippen LogP) is 14.4. The van der Waals surface area contributed by atoms with Gasteiger partial charge in [-0.2, -0.15) is 0 Å². The number of para-hydroxylation sites is 2. The molecule has 1 heterocycles. The van der Waals surface area contributed by atoms with Crippen LogP contribution in [0.3, 0.4) is 0 Å². The van der Waals surface area contributed by atoms with Crippen LogP contribution in [0.15, 0.2) is 186 Å². The van der Waals surface area contributed by atoms with E-state index in [1.807, 2.05) is 12.1 Å². The van der Waals surface area contributed by atoms with Crippen LogP contribution in [0, 0.1) is 5.92 Å². The van der Waals surface area contributed by atoms with Crippen molar-refractivity contribution in [2.45, 2.75) is 13.3 Å². The zero-order chi connectivity index (χ0) is 35.3. The van der Waals surface area contributed by atoms with E-state index in [0.29, 0.717) is 5.92 Å². The molecule has 0 amide bonds. The van der Waals surface area contributed by atoms with E-state index in [2.05, 4.69) is 188 Å². The van der Waals surface area contributed by atoms with Gasteiger partial charge in [0.2, 0.25) is 0 Å². The molecular weight excluding hydrogens is 643 g/mol. The minimum Gasteiger partial charge on any atom is -0.456 e. The third-order valence-corrected chi connectivity index (χ3v) is 10.8. The van der Waals surface area contributed by atoms with Gasteiger partial charge in [0.1, 0.15) is 11.2 Å². The van der Waals surface area contributed by atoms with Crippen molar-refractivity contribution in [3.8, 4) is 33.4 Å². The van der Waals surface area contributed by atoms with E-state index in [1.165, 1.54) is 60.7 Å². The van der Waals surface area contributed by atoms with Crippen LogP contribution in [0.1, 0.15) is 18.1 Å². The van der Waals surface area contributed by atoms with Crippen molar-refractivity contribution < 1.29 is 4.42 Å². The first-order valence-corrected chi connectivity index (χ1v) is 18.5. The Balaban J connectivity index is 1.08. The number of hydrogen-bond donors (Lipinski definition) is 0. The van der Waals surface area contributed by atoms with Crippen LogP contribution in [0.25, 0.3) is 72.2 Å². The summed E-state index contributed by atoms with van der Waals surface area (Å²) in [7, 11) is 0. The van der Waals surface area contributed by atoms with Gasteiger partial charge in [0, 0.05) is 27.7 Å². The standard InChI is InChI=1S/C51H37NO/c1-34-18-19-38-12-9-15-44(47(38)32-34)45-13-5-7-16-48(45)52(41-26-20-36(21-27-41)35-10-3-2-4-11-35)42-28-22-37(23-29-42)39-24-30-43-40(33-39)25-31-50-51(43)46-14-6-8-17-49(46)53-50/h2-31,33-34H,32H2,1H3. The molecule has 0 N–H and O–H groups in total. The Kier molecular flexibility index (Phi) is 7.54. The predicted molar refractivity (Wildman–Crippen MR) is 224 cm³/mol. The second-order valence-electron chi connectivity index (χ2n) is 14.2. The summed E-state index contributed by atoms with van der Waals surface area (Å²) in [6.45, 7) is 2.31. The van der Waals surface area contributed by atoms with Gasteiger partial charge in [0.05, 0.1) is 5.69 Å². The molecular formula is C51H37NO. The van der Waals surface area contributed by atoms with Crippen molar-refractivity contribution in [1.29, 1.82) is 0 Å². The molecule has 1 unspecified atom stereocenters. The van der Waals surface area contributed by atoms with Gasteiger partial charge in [-0.05, 0) is 111 Å². The fourth-order valence-electron chi connectivity index (χ4n) is 8.19. The maximum atomic E-state index is 6.17. The summed E-state index contributed by atoms with van der Waals surface area (Å²) >= 11 is 0. The number of fused-ring (bicyclic) bond motifs is 6. The zero-order valence-corrected chi connectivity index (χ0v) is 29.5. The minimum absolute atomic E-state index is 0.505. The highest BCUT2D eigenvalue weighted by atomic mass is 16.3. The van der Waals surface area contributed by atoms with Crippen molar-refractivity contribution in [2.75, 3.05) is 4.90 Å². The molecule has 252 valence electrons. The third-order valence-electron chi connectivity index (χ3n) is 10.8. The lowest BCUT2D eigenvalue weighted by Gasteiger charge is -2.29. The Morgan fingerprint density at radius 3 is 1.98 bits per heavy atom. The Morgan fingerprint density at radius 1 is 0.509 bits per heavy atom. The van der Waals surface area contributed by atoms with Crippen molar-refractivity contribution in [1.82, 2.24) is 0 Å². The molecule has 2 heteroatoms. The van der Waals surface area contributed by atoms with Crippen molar-refractivity contribution in [2.24, 2.45) is 5.92 Å². The molecule has 0 spiro atoms. The van der Waals surface area contributed by atoms with Gasteiger partial charge in [0.15, 0.2) is 0 Å². The van der Waals surface area contributed by atoms with Gasteiger partial charge in [-0.25, -0.2) is 0 Å². The summed E-state index contributed by atoms with van der Waals surface area (Å²) in [5.41, 5.74) is 15.3. The number of hydrogen-bond acceptors (Lipinski definition) is 2. The van der Waals surface area contributed by atoms with Crippen LogP contribution < -0.4 is 4.90 Å². The lowest BCUT2D eigenvalue weighted by atomic mass is 9.85. The summed E-state index contributed by atoms with van der Waals surface area (Å²) in [5, 5.41) is 4.75. The summed E-state index contributed by atoms with van der Waals surface area (Å²) in [6, 6.07) is 63.6. The Morgan fingerprint density at radius 2 is 1.17 bits per heavy atom. The molecule has 0 bridgehead atoms. The molecule has 9 aromatic rings. The molecule has 2 nitrogen and oxygen atoms in total. The number of allylic oxidation sites excluding steroid dienone is 1. The summed E-state index contributed by atoms with van der Waals surface area (Å²) in [6.07, 6.45) is 5.65. The summed E-state index contributed by atoms with van der Waals surface area (Å²) in [4.78, 5) is 2.41. The smallest absolute Gasteiger partial charge is 0.136 e. The fraction of sp³-hybridized carbons (Fsp3) is 0.0588. The molecule has 0 aliphatic heterocycles. The van der Waals surface area contributed by atoms with Crippen LogP contribution in [0.5, 0.6) is 0 Å². The third kappa shape index (κ3) is 5.51. The lowest BCUT2D eigenvalue weighted by Crippen LogP contribution is -2.12. The van der Waals surface area contributed by atoms with E-state index < -0.39 is 0 Å². The van der Waals surface area contributed by atoms with Gasteiger partial charge in [-0.3, -0.25) is 0 Å². The molecule has 53 heavy (non-hydrogen) atoms. The van der Waals surface area contributed by atoms with E-state index in [9.17, 15) is 0 Å². The number of benzene rings is 8. The maximum absolute atomic E-state index is 6.17. The largest absolute Gasteiger partial charge is 0.456 e. The second kappa shape index (κ2) is 12.8. The Labute approximate surface area is 309 Å². The first kappa shape index (κ1) is 31.1. The molecule has 1 aromatic heterocycles. The highest BCUT2D eigenvalue weighted by Gasteiger charge is 2.21. The highest BCUT2D eigenvalue weighted by molar-refractivity contribution is 6.19. The molecule has 0 radical (unpaired) electrons. The van der Waals surface area contributed by atoms with Crippen LogP contribution in [0.4, 0.5) is 17.1 Å². The minimum atomic E-state index is 0.505. The van der Waals surface area contributed by atoms with Gasteiger partial charge >= 0.3 is 0 Å². The van der Waals surface area contributed by atoms with Crippen molar-refractivity contribution in [3.05, 3.63) is 193 Å². The van der Waals surface area contributed by atoms with Gasteiger partial charge in [0.25, 0.3) is 0 Å². The molecule has 1 aliphatic rings. The van der Waals surface area contributed by atoms with Crippen LogP contribution in [-0.2, 0) is 6.42 Å². The normalized spacial score (nSPS) is 13.8. The average Bonchev–Trinajstić information content (AvgIpc) is 3.61. The van der Waals surface area contributed by atoms with Crippen molar-refractivity contribution >= 4 is 55.8 Å². The number of rotatable bonds is 6. The van der Waals surface area contributed by atoms with Gasteiger partial charge in [-0.15, -0.1) is 0 Å². The summed E-state index contributed by atoms with van der Waals surface area (Å²) < 4.78 is 6.17. The summed E-state index contributed by atoms with van der Waals surface area (Å²) in [5.74, 6) is 0.505. The van der Waals surface area contributed by atoms with Crippen molar-refractivity contribution in [3.63, 3.8) is 0 Å². The van der Waals surface area contributed by atoms with E-state index in [-0.39, 0.29) is 0 Å². The zero-order valence-electron chi connectivity index (χ0n) is 29.5. The number of nitrogens with zero attached hydrogens (tertiary/aromatic N) is 1. The van der Waals surface area contributed by atoms with E-state index in [0.717, 1.165) is 40.0 Å². The average molecular weight is 680 g/mol. The van der Waals surface area contributed by atoms with Crippen LogP contribution >= 0.6 is 0 Å². The van der Waals surface area contributed by atoms with E-state index in [4.69, 9.17) is 4.42 Å². The molecule has 10 rings (SSSR count). The second-order valence-corrected chi connectivity index (χ2v) is 14.2. The van der Waals surface area contributed by atoms with Gasteiger partial charge < -0.3 is 9.32 Å². The molecule has 0 fully saturated rings. The SMILES string of the molecule is CC1C=Cc2cccc(-c3ccccc3N(c3ccc(-c4ccccc4)cc3)c3ccc(-c4ccc5c(ccc6oc7ccccc7c65)c4)cc3)c2C1. The Bertz CT molecular complexity index is 2810. The highest BCUT2D eigenvalue weighted by Crippen LogP contribution is 2.44. The first-order valence-electron chi connectivity index (χ1n) is 18.5. The van der Waals surface area contributed by atoms with E-state index >= 15 is 0 Å². The first-order chi connectivity index (χ1) is 26.2. The molecule has 1 atom stereocenters. The number of furan rings is 1. The maximum Gasteiger partial charge on any atom is 0.136 e. The Hall–Kier alpha value is -6.64. The lowest BCUT2D eigenvalue weighted by molar-refractivity contribution is 0.669. The van der Waals surface area contributed by atoms with Crippen LogP contribution in [0.2, 0.25) is 0 Å².